The van der Waals surface area contributed by atoms with Gasteiger partial charge < -0.3 is 15.0 Å². The third-order valence-electron chi connectivity index (χ3n) is 3.08. The molecule has 0 saturated heterocycles. The van der Waals surface area contributed by atoms with Gasteiger partial charge in [0.1, 0.15) is 10.2 Å². The summed E-state index contributed by atoms with van der Waals surface area (Å²) < 4.78 is 8.04. The molecule has 2 heterocycles. The molecule has 2 aromatic rings. The van der Waals surface area contributed by atoms with Crippen LogP contribution in [0.25, 0.3) is 5.65 Å². The smallest absolute Gasteiger partial charge is 0.410 e. The number of rotatable bonds is 5. The molecule has 1 amide bonds. The lowest BCUT2D eigenvalue weighted by Gasteiger charge is -2.24. The highest BCUT2D eigenvalue weighted by atomic mass is 79.9. The van der Waals surface area contributed by atoms with Crippen LogP contribution in [0.1, 0.15) is 26.5 Å². The predicted octanol–water partition coefficient (Wildman–Crippen LogP) is 2.45. The Balaban J connectivity index is 1.80. The van der Waals surface area contributed by atoms with Gasteiger partial charge in [0, 0.05) is 32.9 Å². The van der Waals surface area contributed by atoms with Crippen molar-refractivity contribution in [2.24, 2.45) is 0 Å². The van der Waals surface area contributed by atoms with Crippen molar-refractivity contribution in [3.8, 4) is 0 Å². The van der Waals surface area contributed by atoms with E-state index >= 15 is 0 Å². The zero-order chi connectivity index (χ0) is 17.0. The molecule has 0 atom stereocenters. The minimum Gasteiger partial charge on any atom is -0.444 e. The van der Waals surface area contributed by atoms with Crippen LogP contribution in [0.2, 0.25) is 0 Å². The van der Waals surface area contributed by atoms with Crippen molar-refractivity contribution in [3.63, 3.8) is 0 Å². The van der Waals surface area contributed by atoms with E-state index in [-0.39, 0.29) is 6.09 Å². The van der Waals surface area contributed by atoms with E-state index in [1.54, 1.807) is 18.1 Å². The van der Waals surface area contributed by atoms with Crippen molar-refractivity contribution in [1.29, 1.82) is 0 Å². The van der Waals surface area contributed by atoms with Crippen LogP contribution in [0, 0.1) is 0 Å². The molecular formula is C15H22BrN5O2. The molecule has 0 saturated carbocycles. The molecule has 0 unspecified atom stereocenters. The second kappa shape index (κ2) is 7.27. The maximum atomic E-state index is 11.8. The lowest BCUT2D eigenvalue weighted by molar-refractivity contribution is 0.0300. The summed E-state index contributed by atoms with van der Waals surface area (Å²) in [5.74, 6) is 0. The third-order valence-corrected chi connectivity index (χ3v) is 3.49. The second-order valence-corrected chi connectivity index (χ2v) is 7.08. The highest BCUT2D eigenvalue weighted by molar-refractivity contribution is 9.10. The molecular weight excluding hydrogens is 362 g/mol. The molecule has 126 valence electrons. The van der Waals surface area contributed by atoms with E-state index in [1.807, 2.05) is 37.6 Å². The van der Waals surface area contributed by atoms with Crippen LogP contribution < -0.4 is 5.32 Å². The number of hydrogen-bond acceptors (Lipinski definition) is 5. The number of halogens is 1. The Morgan fingerprint density at radius 3 is 2.83 bits per heavy atom. The van der Waals surface area contributed by atoms with Crippen LogP contribution in [0.4, 0.5) is 4.79 Å². The first-order valence-corrected chi connectivity index (χ1v) is 8.18. The minimum atomic E-state index is -0.475. The fourth-order valence-electron chi connectivity index (χ4n) is 1.94. The van der Waals surface area contributed by atoms with Crippen LogP contribution in [0.5, 0.6) is 0 Å². The second-order valence-electron chi connectivity index (χ2n) is 6.27. The first kappa shape index (κ1) is 17.7. The zero-order valence-corrected chi connectivity index (χ0v) is 15.4. The number of aromatic nitrogens is 3. The van der Waals surface area contributed by atoms with E-state index in [0.717, 1.165) is 15.9 Å². The van der Waals surface area contributed by atoms with E-state index in [1.165, 1.54) is 0 Å². The molecule has 8 heteroatoms. The fourth-order valence-corrected chi connectivity index (χ4v) is 2.25. The molecule has 0 aromatic carbocycles. The van der Waals surface area contributed by atoms with Gasteiger partial charge in [0.2, 0.25) is 0 Å². The van der Waals surface area contributed by atoms with Gasteiger partial charge in [-0.2, -0.15) is 0 Å². The van der Waals surface area contributed by atoms with E-state index in [4.69, 9.17) is 4.74 Å². The predicted molar refractivity (Wildman–Crippen MR) is 91.3 cm³/mol. The molecule has 23 heavy (non-hydrogen) atoms. The highest BCUT2D eigenvalue weighted by Crippen LogP contribution is 2.11. The van der Waals surface area contributed by atoms with Crippen LogP contribution in [-0.4, -0.2) is 51.1 Å². The van der Waals surface area contributed by atoms with Crippen LogP contribution in [0.3, 0.4) is 0 Å². The number of nitrogens with one attached hydrogen (secondary N) is 1. The lowest BCUT2D eigenvalue weighted by atomic mass is 10.2. The average molecular weight is 384 g/mol. The van der Waals surface area contributed by atoms with Gasteiger partial charge in [-0.1, -0.05) is 0 Å². The largest absolute Gasteiger partial charge is 0.444 e. The third kappa shape index (κ3) is 5.18. The molecule has 2 aromatic heterocycles. The van der Waals surface area contributed by atoms with E-state index in [9.17, 15) is 4.79 Å². The van der Waals surface area contributed by atoms with E-state index < -0.39 is 5.60 Å². The van der Waals surface area contributed by atoms with Crippen molar-refractivity contribution < 1.29 is 9.53 Å². The Morgan fingerprint density at radius 1 is 1.39 bits per heavy atom. The maximum Gasteiger partial charge on any atom is 0.410 e. The van der Waals surface area contributed by atoms with Crippen LogP contribution in [-0.2, 0) is 11.3 Å². The van der Waals surface area contributed by atoms with Gasteiger partial charge in [0.25, 0.3) is 0 Å². The number of carbonyl (C=O) groups excluding carboxylic acids is 1. The molecule has 0 fully saturated rings. The normalized spacial score (nSPS) is 11.7. The van der Waals surface area contributed by atoms with Crippen LogP contribution in [0.15, 0.2) is 23.2 Å². The monoisotopic (exact) mass is 383 g/mol. The summed E-state index contributed by atoms with van der Waals surface area (Å²) >= 11 is 3.35. The molecule has 7 nitrogen and oxygen atoms in total. The summed E-state index contributed by atoms with van der Waals surface area (Å²) in [4.78, 5) is 21.8. The first-order valence-electron chi connectivity index (χ1n) is 7.38. The molecule has 0 spiro atoms. The summed E-state index contributed by atoms with van der Waals surface area (Å²) in [6.07, 6.45) is 5.09. The maximum absolute atomic E-state index is 11.8. The SMILES string of the molecule is CN(CCNCc1cnc2cnc(Br)cn12)C(=O)OC(C)(C)C. The van der Waals surface area contributed by atoms with Crippen molar-refractivity contribution in [3.05, 3.63) is 28.9 Å². The summed E-state index contributed by atoms with van der Waals surface area (Å²) in [5, 5.41) is 3.30. The van der Waals surface area contributed by atoms with Gasteiger partial charge in [0.15, 0.2) is 5.65 Å². The summed E-state index contributed by atoms with van der Waals surface area (Å²) in [7, 11) is 1.73. The molecule has 0 aliphatic heterocycles. The number of ether oxygens (including phenoxy) is 1. The van der Waals surface area contributed by atoms with Gasteiger partial charge in [0.05, 0.1) is 18.1 Å². The van der Waals surface area contributed by atoms with Crippen molar-refractivity contribution in [2.75, 3.05) is 20.1 Å². The van der Waals surface area contributed by atoms with Crippen molar-refractivity contribution >= 4 is 27.7 Å². The van der Waals surface area contributed by atoms with Gasteiger partial charge in [-0.3, -0.25) is 4.40 Å². The van der Waals surface area contributed by atoms with E-state index in [2.05, 4.69) is 31.2 Å². The van der Waals surface area contributed by atoms with Crippen molar-refractivity contribution in [2.45, 2.75) is 32.9 Å². The van der Waals surface area contributed by atoms with Crippen molar-refractivity contribution in [1.82, 2.24) is 24.6 Å². The Kier molecular flexibility index (Phi) is 5.59. The fraction of sp³-hybridized carbons (Fsp3) is 0.533. The number of likely N-dealkylation sites (N-methyl/N-ethyl adjacent to an activating group) is 1. The average Bonchev–Trinajstić information content (AvgIpc) is 2.84. The number of amides is 1. The van der Waals surface area contributed by atoms with Gasteiger partial charge in [-0.25, -0.2) is 14.8 Å². The summed E-state index contributed by atoms with van der Waals surface area (Å²) in [6.45, 7) is 7.45. The molecule has 1 N–H and O–H groups in total. The Bertz CT molecular complexity index is 680. The van der Waals surface area contributed by atoms with Gasteiger partial charge in [-0.05, 0) is 36.7 Å². The Labute approximate surface area is 144 Å². The molecule has 0 radical (unpaired) electrons. The Hall–Kier alpha value is -1.67. The molecule has 0 aliphatic carbocycles. The quantitative estimate of drug-likeness (QED) is 0.802. The zero-order valence-electron chi connectivity index (χ0n) is 13.8. The summed E-state index contributed by atoms with van der Waals surface area (Å²) in [6, 6.07) is 0. The number of hydrogen-bond donors (Lipinski definition) is 1. The molecule has 2 rings (SSSR count). The topological polar surface area (TPSA) is 71.8 Å². The van der Waals surface area contributed by atoms with Crippen LogP contribution >= 0.6 is 15.9 Å². The number of fused-ring (bicyclic) bond motifs is 1. The molecule has 0 bridgehead atoms. The number of imidazole rings is 1. The number of nitrogens with zero attached hydrogens (tertiary/aromatic N) is 4. The van der Waals surface area contributed by atoms with Gasteiger partial charge >= 0.3 is 6.09 Å². The Morgan fingerprint density at radius 2 is 2.13 bits per heavy atom. The highest BCUT2D eigenvalue weighted by Gasteiger charge is 2.19. The summed E-state index contributed by atoms with van der Waals surface area (Å²) in [5.41, 5.74) is 1.36. The number of carbonyl (C=O) groups is 1. The minimum absolute atomic E-state index is 0.316. The molecule has 0 aliphatic rings. The van der Waals surface area contributed by atoms with Gasteiger partial charge in [-0.15, -0.1) is 0 Å². The van der Waals surface area contributed by atoms with E-state index in [0.29, 0.717) is 19.6 Å². The first-order chi connectivity index (χ1) is 10.8. The standard InChI is InChI=1S/C15H22BrN5O2/c1-15(2,3)23-14(22)20(4)6-5-17-7-11-8-19-13-9-18-12(16)10-21(11)13/h8-10,17H,5-7H2,1-4H3. The lowest BCUT2D eigenvalue weighted by Crippen LogP contribution is -2.37.